The van der Waals surface area contributed by atoms with Gasteiger partial charge >= 0.3 is 5.97 Å². The Balaban J connectivity index is 1.70. The van der Waals surface area contributed by atoms with Crippen molar-refractivity contribution < 1.29 is 39.5 Å². The smallest absolute Gasteiger partial charge is 0.338 e. The molecule has 0 amide bonds. The summed E-state index contributed by atoms with van der Waals surface area (Å²) in [6, 6.07) is 9.20. The predicted molar refractivity (Wildman–Crippen MR) is 111 cm³/mol. The molecule has 3 rings (SSSR count). The SMILES string of the molecule is O=C(OC[C@@H](O)[C@@H](O)[C@H](O)[C@@H](O)CO)c1ccc2nc(-c3cc(Cl)cc(Cl)c3)oc2c1. The number of aliphatic hydroxyl groups excluding tert-OH is 5. The molecule has 4 atom stereocenters. The fourth-order valence-corrected chi connectivity index (χ4v) is 3.28. The number of esters is 1. The number of oxazole rings is 1. The number of ether oxygens (including phenoxy) is 1. The maximum atomic E-state index is 12.3. The fourth-order valence-electron chi connectivity index (χ4n) is 2.76. The van der Waals surface area contributed by atoms with Crippen molar-refractivity contribution in [1.29, 1.82) is 0 Å². The van der Waals surface area contributed by atoms with Crippen LogP contribution in [0, 0.1) is 0 Å². The maximum Gasteiger partial charge on any atom is 0.338 e. The molecule has 0 spiro atoms. The second-order valence-electron chi connectivity index (χ2n) is 6.76. The lowest BCUT2D eigenvalue weighted by Crippen LogP contribution is -2.47. The third-order valence-corrected chi connectivity index (χ3v) is 4.88. The Morgan fingerprint density at radius 3 is 2.29 bits per heavy atom. The van der Waals surface area contributed by atoms with Gasteiger partial charge in [0, 0.05) is 15.6 Å². The Morgan fingerprint density at radius 2 is 1.65 bits per heavy atom. The van der Waals surface area contributed by atoms with Crippen LogP contribution in [-0.4, -0.2) is 74.1 Å². The number of carbonyl (C=O) groups excluding carboxylic acids is 1. The summed E-state index contributed by atoms with van der Waals surface area (Å²) in [6.45, 7) is -1.47. The lowest BCUT2D eigenvalue weighted by atomic mass is 10.0. The van der Waals surface area contributed by atoms with Crippen molar-refractivity contribution in [3.8, 4) is 11.5 Å². The van der Waals surface area contributed by atoms with Crippen molar-refractivity contribution >= 4 is 40.3 Å². The van der Waals surface area contributed by atoms with Crippen LogP contribution in [0.2, 0.25) is 10.0 Å². The first kappa shape index (κ1) is 23.4. The predicted octanol–water partition coefficient (Wildman–Crippen LogP) is 1.39. The number of carbonyl (C=O) groups is 1. The van der Waals surface area contributed by atoms with Crippen LogP contribution in [0.3, 0.4) is 0 Å². The molecule has 5 N–H and O–H groups in total. The summed E-state index contributed by atoms with van der Waals surface area (Å²) in [5.74, 6) is -0.575. The molecule has 3 aromatic rings. The Hall–Kier alpha value is -2.24. The van der Waals surface area contributed by atoms with Crippen molar-refractivity contribution in [1.82, 2.24) is 4.98 Å². The molecule has 0 radical (unpaired) electrons. The molecule has 0 unspecified atom stereocenters. The van der Waals surface area contributed by atoms with E-state index in [4.69, 9.17) is 37.5 Å². The van der Waals surface area contributed by atoms with Crippen LogP contribution in [-0.2, 0) is 4.74 Å². The maximum absolute atomic E-state index is 12.3. The van der Waals surface area contributed by atoms with Crippen molar-refractivity contribution in [3.05, 3.63) is 52.0 Å². The summed E-state index contributed by atoms with van der Waals surface area (Å²) in [5, 5.41) is 48.1. The number of aliphatic hydroxyl groups is 5. The largest absolute Gasteiger partial charge is 0.459 e. The van der Waals surface area contributed by atoms with Gasteiger partial charge in [0.1, 0.15) is 36.5 Å². The van der Waals surface area contributed by atoms with Gasteiger partial charge in [0.25, 0.3) is 0 Å². The average Bonchev–Trinajstić information content (AvgIpc) is 3.18. The molecule has 166 valence electrons. The number of fused-ring (bicyclic) bond motifs is 1. The van der Waals surface area contributed by atoms with Crippen LogP contribution in [0.25, 0.3) is 22.6 Å². The minimum atomic E-state index is -1.83. The van der Waals surface area contributed by atoms with Crippen molar-refractivity contribution in [2.45, 2.75) is 24.4 Å². The van der Waals surface area contributed by atoms with Gasteiger partial charge in [-0.05, 0) is 36.4 Å². The summed E-state index contributed by atoms with van der Waals surface area (Å²) in [5.41, 5.74) is 1.41. The highest BCUT2D eigenvalue weighted by molar-refractivity contribution is 6.35. The highest BCUT2D eigenvalue weighted by Gasteiger charge is 2.30. The van der Waals surface area contributed by atoms with Crippen LogP contribution in [0.15, 0.2) is 40.8 Å². The van der Waals surface area contributed by atoms with E-state index in [0.717, 1.165) is 0 Å². The van der Waals surface area contributed by atoms with E-state index in [1.54, 1.807) is 18.2 Å². The third kappa shape index (κ3) is 5.52. The van der Waals surface area contributed by atoms with Crippen LogP contribution in [0.1, 0.15) is 10.4 Å². The van der Waals surface area contributed by atoms with Gasteiger partial charge in [-0.2, -0.15) is 0 Å². The molecule has 1 aromatic heterocycles. The van der Waals surface area contributed by atoms with E-state index in [9.17, 15) is 25.2 Å². The number of benzene rings is 2. The van der Waals surface area contributed by atoms with E-state index >= 15 is 0 Å². The van der Waals surface area contributed by atoms with Gasteiger partial charge in [0.15, 0.2) is 5.58 Å². The first-order chi connectivity index (χ1) is 14.7. The number of halogens is 2. The van der Waals surface area contributed by atoms with Gasteiger partial charge in [0.2, 0.25) is 5.89 Å². The highest BCUT2D eigenvalue weighted by Crippen LogP contribution is 2.29. The van der Waals surface area contributed by atoms with Crippen LogP contribution in [0.4, 0.5) is 0 Å². The van der Waals surface area contributed by atoms with Gasteiger partial charge in [0.05, 0.1) is 12.2 Å². The molecular formula is C20H19Cl2NO8. The second kappa shape index (κ2) is 9.92. The minimum Gasteiger partial charge on any atom is -0.459 e. The number of hydrogen-bond donors (Lipinski definition) is 5. The van der Waals surface area contributed by atoms with Gasteiger partial charge in [-0.25, -0.2) is 9.78 Å². The highest BCUT2D eigenvalue weighted by atomic mass is 35.5. The quantitative estimate of drug-likeness (QED) is 0.306. The second-order valence-corrected chi connectivity index (χ2v) is 7.63. The van der Waals surface area contributed by atoms with Crippen molar-refractivity contribution in [2.24, 2.45) is 0 Å². The fraction of sp³-hybridized carbons (Fsp3) is 0.300. The van der Waals surface area contributed by atoms with E-state index in [1.807, 2.05) is 0 Å². The van der Waals surface area contributed by atoms with E-state index < -0.39 is 43.6 Å². The van der Waals surface area contributed by atoms with Crippen molar-refractivity contribution in [2.75, 3.05) is 13.2 Å². The van der Waals surface area contributed by atoms with E-state index in [2.05, 4.69) is 4.98 Å². The molecule has 9 nitrogen and oxygen atoms in total. The number of aromatic nitrogens is 1. The standard InChI is InChI=1S/C20H19Cl2NO8/c21-11-3-10(4-12(22)6-11)19-23-13-2-1-9(5-16(13)31-19)20(29)30-8-15(26)18(28)17(27)14(25)7-24/h1-6,14-15,17-18,24-28H,7-8H2/t14-,15+,17+,18+/m0/s1. The first-order valence-corrected chi connectivity index (χ1v) is 9.82. The zero-order valence-corrected chi connectivity index (χ0v) is 17.4. The zero-order valence-electron chi connectivity index (χ0n) is 15.9. The topological polar surface area (TPSA) is 153 Å². The average molecular weight is 472 g/mol. The molecule has 0 aliphatic heterocycles. The lowest BCUT2D eigenvalue weighted by molar-refractivity contribution is -0.124. The Labute approximate surface area is 186 Å². The Morgan fingerprint density at radius 1 is 1.00 bits per heavy atom. The third-order valence-electron chi connectivity index (χ3n) is 4.44. The molecule has 31 heavy (non-hydrogen) atoms. The van der Waals surface area contributed by atoms with Gasteiger partial charge in [-0.1, -0.05) is 23.2 Å². The summed E-state index contributed by atoms with van der Waals surface area (Å²) in [6.07, 6.45) is -6.99. The normalized spacial score (nSPS) is 15.5. The molecule has 0 saturated carbocycles. The Kier molecular flexibility index (Phi) is 7.50. The number of rotatable bonds is 8. The molecule has 0 aliphatic rings. The monoisotopic (exact) mass is 471 g/mol. The van der Waals surface area contributed by atoms with Crippen LogP contribution >= 0.6 is 23.2 Å². The molecule has 0 saturated heterocycles. The van der Waals surface area contributed by atoms with E-state index in [0.29, 0.717) is 26.7 Å². The van der Waals surface area contributed by atoms with Crippen LogP contribution < -0.4 is 0 Å². The summed E-state index contributed by atoms with van der Waals surface area (Å²) < 4.78 is 10.6. The summed E-state index contributed by atoms with van der Waals surface area (Å²) in [7, 11) is 0. The summed E-state index contributed by atoms with van der Waals surface area (Å²) >= 11 is 12.0. The summed E-state index contributed by atoms with van der Waals surface area (Å²) in [4.78, 5) is 16.6. The number of hydrogen-bond acceptors (Lipinski definition) is 9. The van der Waals surface area contributed by atoms with Gasteiger partial charge in [-0.3, -0.25) is 0 Å². The van der Waals surface area contributed by atoms with Crippen molar-refractivity contribution in [3.63, 3.8) is 0 Å². The van der Waals surface area contributed by atoms with E-state index in [1.165, 1.54) is 18.2 Å². The molecule has 11 heteroatoms. The minimum absolute atomic E-state index is 0.0944. The van der Waals surface area contributed by atoms with Gasteiger partial charge < -0.3 is 34.7 Å². The molecular weight excluding hydrogens is 453 g/mol. The Bertz CT molecular complexity index is 1050. The molecule has 1 heterocycles. The number of nitrogens with zero attached hydrogens (tertiary/aromatic N) is 1. The zero-order chi connectivity index (χ0) is 22.7. The molecule has 2 aromatic carbocycles. The molecule has 0 fully saturated rings. The lowest BCUT2D eigenvalue weighted by Gasteiger charge is -2.25. The molecule has 0 bridgehead atoms. The molecule has 0 aliphatic carbocycles. The van der Waals surface area contributed by atoms with Gasteiger partial charge in [-0.15, -0.1) is 0 Å². The van der Waals surface area contributed by atoms with Crippen LogP contribution in [0.5, 0.6) is 0 Å². The van der Waals surface area contributed by atoms with E-state index in [-0.39, 0.29) is 11.5 Å². The first-order valence-electron chi connectivity index (χ1n) is 9.07.